The molecule has 3 heterocycles. The van der Waals surface area contributed by atoms with Crippen LogP contribution in [0.3, 0.4) is 0 Å². The number of nitrogens with one attached hydrogen (secondary N) is 1. The molecule has 7 nitrogen and oxygen atoms in total. The quantitative estimate of drug-likeness (QED) is 0.624. The lowest BCUT2D eigenvalue weighted by Gasteiger charge is -2.35. The van der Waals surface area contributed by atoms with Crippen LogP contribution in [0.5, 0.6) is 5.75 Å². The Morgan fingerprint density at radius 2 is 1.93 bits per heavy atom. The molecule has 0 radical (unpaired) electrons. The van der Waals surface area contributed by atoms with E-state index >= 15 is 0 Å². The minimum absolute atomic E-state index is 0.0606. The van der Waals surface area contributed by atoms with Crippen LogP contribution >= 0.6 is 0 Å². The van der Waals surface area contributed by atoms with Crippen molar-refractivity contribution in [2.24, 2.45) is 0 Å². The molecule has 0 saturated carbocycles. The van der Waals surface area contributed by atoms with Crippen LogP contribution in [0.4, 0.5) is 33.5 Å². The number of alkyl halides is 5. The summed E-state index contributed by atoms with van der Waals surface area (Å²) in [6, 6.07) is 7.00. The molecule has 4 rings (SSSR count). The molecule has 1 aliphatic rings. The standard InChI is InChI=1S/C18H17F5N6O/c19-16(20)30-13-5-3-12(4-6-13)28-7-1-2-11(9-28)26-15-8-14(18(21,22)23)27-17-24-10-25-29(15)17/h3-6,8,10-11,16,26H,1-2,7,9H2. The van der Waals surface area contributed by atoms with Crippen LogP contribution in [0.1, 0.15) is 18.5 Å². The molecule has 0 amide bonds. The number of hydrogen-bond acceptors (Lipinski definition) is 6. The molecule has 2 aromatic heterocycles. The zero-order valence-corrected chi connectivity index (χ0v) is 15.5. The van der Waals surface area contributed by atoms with Gasteiger partial charge in [0.05, 0.1) is 0 Å². The fraction of sp³-hybridized carbons (Fsp3) is 0.389. The number of nitrogens with zero attached hydrogens (tertiary/aromatic N) is 5. The van der Waals surface area contributed by atoms with Gasteiger partial charge in [0.25, 0.3) is 5.78 Å². The first-order valence-corrected chi connectivity index (χ1v) is 9.14. The van der Waals surface area contributed by atoms with E-state index in [0.29, 0.717) is 6.54 Å². The first kappa shape index (κ1) is 20.1. The van der Waals surface area contributed by atoms with Crippen molar-refractivity contribution in [2.45, 2.75) is 31.7 Å². The lowest BCUT2D eigenvalue weighted by molar-refractivity contribution is -0.141. The van der Waals surface area contributed by atoms with E-state index in [0.717, 1.165) is 37.5 Å². The summed E-state index contributed by atoms with van der Waals surface area (Å²) in [5.74, 6) is 0.0671. The fourth-order valence-electron chi connectivity index (χ4n) is 3.44. The second-order valence-corrected chi connectivity index (χ2v) is 6.80. The van der Waals surface area contributed by atoms with E-state index in [1.807, 2.05) is 4.90 Å². The molecule has 1 aromatic carbocycles. The van der Waals surface area contributed by atoms with Crippen molar-refractivity contribution >= 4 is 17.3 Å². The summed E-state index contributed by atoms with van der Waals surface area (Å²) < 4.78 is 69.7. The number of aromatic nitrogens is 4. The molecule has 1 unspecified atom stereocenters. The Morgan fingerprint density at radius 1 is 1.17 bits per heavy atom. The Kier molecular flexibility index (Phi) is 5.31. The molecule has 1 N–H and O–H groups in total. The molecule has 0 aliphatic carbocycles. The van der Waals surface area contributed by atoms with Crippen LogP contribution in [-0.2, 0) is 6.18 Å². The Balaban J connectivity index is 1.51. The predicted octanol–water partition coefficient (Wildman–Crippen LogP) is 3.83. The Labute approximate surface area is 167 Å². The monoisotopic (exact) mass is 428 g/mol. The van der Waals surface area contributed by atoms with E-state index in [2.05, 4.69) is 25.1 Å². The number of piperidine rings is 1. The molecule has 3 aromatic rings. The summed E-state index contributed by atoms with van der Waals surface area (Å²) in [5, 5.41) is 7.06. The predicted molar refractivity (Wildman–Crippen MR) is 97.7 cm³/mol. The van der Waals surface area contributed by atoms with Gasteiger partial charge in [0.1, 0.15) is 17.9 Å². The number of anilines is 2. The maximum Gasteiger partial charge on any atom is 0.433 e. The molecule has 1 aliphatic heterocycles. The first-order chi connectivity index (χ1) is 14.3. The second kappa shape index (κ2) is 7.92. The van der Waals surface area contributed by atoms with Gasteiger partial charge in [-0.05, 0) is 37.1 Å². The lowest BCUT2D eigenvalue weighted by atomic mass is 10.0. The van der Waals surface area contributed by atoms with Gasteiger partial charge >= 0.3 is 12.8 Å². The van der Waals surface area contributed by atoms with Crippen molar-refractivity contribution in [1.29, 1.82) is 0 Å². The summed E-state index contributed by atoms with van der Waals surface area (Å²) in [4.78, 5) is 9.29. The zero-order chi connectivity index (χ0) is 21.3. The highest BCUT2D eigenvalue weighted by atomic mass is 19.4. The smallest absolute Gasteiger partial charge is 0.433 e. The van der Waals surface area contributed by atoms with E-state index in [9.17, 15) is 22.0 Å². The molecular weight excluding hydrogens is 411 g/mol. The number of hydrogen-bond donors (Lipinski definition) is 1. The van der Waals surface area contributed by atoms with Gasteiger partial charge in [0.2, 0.25) is 0 Å². The minimum atomic E-state index is -4.61. The molecule has 0 bridgehead atoms. The van der Waals surface area contributed by atoms with Crippen LogP contribution in [0.15, 0.2) is 36.7 Å². The molecule has 1 saturated heterocycles. The van der Waals surface area contributed by atoms with Crippen molar-refractivity contribution in [1.82, 2.24) is 19.6 Å². The van der Waals surface area contributed by atoms with Gasteiger partial charge < -0.3 is 15.0 Å². The number of ether oxygens (including phenoxy) is 1. The third-order valence-corrected chi connectivity index (χ3v) is 4.74. The Morgan fingerprint density at radius 3 is 2.63 bits per heavy atom. The van der Waals surface area contributed by atoms with Crippen molar-refractivity contribution in [2.75, 3.05) is 23.3 Å². The third-order valence-electron chi connectivity index (χ3n) is 4.74. The number of halogens is 5. The molecule has 12 heteroatoms. The Hall–Kier alpha value is -3.18. The van der Waals surface area contributed by atoms with Crippen LogP contribution in [-0.4, -0.2) is 45.3 Å². The molecule has 1 atom stereocenters. The lowest BCUT2D eigenvalue weighted by Crippen LogP contribution is -2.42. The van der Waals surface area contributed by atoms with Gasteiger partial charge in [-0.15, -0.1) is 0 Å². The molecule has 30 heavy (non-hydrogen) atoms. The topological polar surface area (TPSA) is 67.6 Å². The van der Waals surface area contributed by atoms with Gasteiger partial charge in [-0.2, -0.15) is 36.6 Å². The van der Waals surface area contributed by atoms with E-state index in [4.69, 9.17) is 0 Å². The van der Waals surface area contributed by atoms with Crippen molar-refractivity contribution < 1.29 is 26.7 Å². The first-order valence-electron chi connectivity index (χ1n) is 9.14. The average molecular weight is 428 g/mol. The molecule has 0 spiro atoms. The normalized spacial score (nSPS) is 17.5. The highest BCUT2D eigenvalue weighted by Crippen LogP contribution is 2.30. The van der Waals surface area contributed by atoms with Crippen LogP contribution < -0.4 is 15.0 Å². The van der Waals surface area contributed by atoms with E-state index in [1.54, 1.807) is 12.1 Å². The molecule has 1 fully saturated rings. The molecular formula is C18H17F5N6O. The Bertz CT molecular complexity index is 1010. The fourth-order valence-corrected chi connectivity index (χ4v) is 3.44. The van der Waals surface area contributed by atoms with Gasteiger partial charge in [0.15, 0.2) is 5.69 Å². The van der Waals surface area contributed by atoms with Gasteiger partial charge in [-0.3, -0.25) is 0 Å². The third kappa shape index (κ3) is 4.36. The largest absolute Gasteiger partial charge is 0.435 e. The van der Waals surface area contributed by atoms with Gasteiger partial charge in [-0.25, -0.2) is 4.98 Å². The average Bonchev–Trinajstić information content (AvgIpc) is 3.17. The highest BCUT2D eigenvalue weighted by Gasteiger charge is 2.34. The molecule has 160 valence electrons. The number of fused-ring (bicyclic) bond motifs is 1. The minimum Gasteiger partial charge on any atom is -0.435 e. The summed E-state index contributed by atoms with van der Waals surface area (Å²) in [6.45, 7) is -1.65. The van der Waals surface area contributed by atoms with Crippen molar-refractivity contribution in [3.63, 3.8) is 0 Å². The highest BCUT2D eigenvalue weighted by molar-refractivity contribution is 5.51. The summed E-state index contributed by atoms with van der Waals surface area (Å²) in [7, 11) is 0. The second-order valence-electron chi connectivity index (χ2n) is 6.80. The van der Waals surface area contributed by atoms with Gasteiger partial charge in [0, 0.05) is 30.9 Å². The summed E-state index contributed by atoms with van der Waals surface area (Å²) in [6.07, 6.45) is -1.93. The van der Waals surface area contributed by atoms with Gasteiger partial charge in [-0.1, -0.05) is 0 Å². The maximum absolute atomic E-state index is 13.2. The van der Waals surface area contributed by atoms with E-state index in [-0.39, 0.29) is 23.4 Å². The number of benzene rings is 1. The van der Waals surface area contributed by atoms with E-state index < -0.39 is 18.5 Å². The number of rotatable bonds is 5. The van der Waals surface area contributed by atoms with Crippen molar-refractivity contribution in [3.05, 3.63) is 42.4 Å². The summed E-state index contributed by atoms with van der Waals surface area (Å²) >= 11 is 0. The zero-order valence-electron chi connectivity index (χ0n) is 15.5. The van der Waals surface area contributed by atoms with Crippen molar-refractivity contribution in [3.8, 4) is 5.75 Å². The SMILES string of the molecule is FC(F)Oc1ccc(N2CCCC(Nc3cc(C(F)(F)F)nc4ncnn34)C2)cc1. The van der Waals surface area contributed by atoms with E-state index in [1.165, 1.54) is 16.6 Å². The van der Waals surface area contributed by atoms with Crippen LogP contribution in [0.2, 0.25) is 0 Å². The maximum atomic E-state index is 13.2. The van der Waals surface area contributed by atoms with Crippen LogP contribution in [0.25, 0.3) is 5.78 Å². The van der Waals surface area contributed by atoms with Crippen LogP contribution in [0, 0.1) is 0 Å². The summed E-state index contributed by atoms with van der Waals surface area (Å²) in [5.41, 5.74) is -0.243.